The van der Waals surface area contributed by atoms with Gasteiger partial charge in [0.1, 0.15) is 0 Å². The van der Waals surface area contributed by atoms with E-state index in [0.29, 0.717) is 32.1 Å². The van der Waals surface area contributed by atoms with Gasteiger partial charge < -0.3 is 10.5 Å². The van der Waals surface area contributed by atoms with E-state index in [1.54, 1.807) is 7.05 Å². The summed E-state index contributed by atoms with van der Waals surface area (Å²) in [5.74, 6) is 0.723. The van der Waals surface area contributed by atoms with Crippen LogP contribution in [-0.2, 0) is 14.8 Å². The molecular formula is C12H27ClN2O3S. The lowest BCUT2D eigenvalue weighted by Gasteiger charge is -2.22. The molecule has 1 rings (SSSR count). The highest BCUT2D eigenvalue weighted by molar-refractivity contribution is 7.89. The lowest BCUT2D eigenvalue weighted by Crippen LogP contribution is -2.37. The van der Waals surface area contributed by atoms with E-state index in [-0.39, 0.29) is 30.1 Å². The highest BCUT2D eigenvalue weighted by Crippen LogP contribution is 2.16. The molecule has 1 fully saturated rings. The molecule has 19 heavy (non-hydrogen) atoms. The van der Waals surface area contributed by atoms with Crippen molar-refractivity contribution in [1.82, 2.24) is 4.31 Å². The average Bonchev–Trinajstić information content (AvgIpc) is 2.76. The molecule has 0 spiro atoms. The van der Waals surface area contributed by atoms with Crippen molar-refractivity contribution in [1.29, 1.82) is 0 Å². The van der Waals surface area contributed by atoms with Gasteiger partial charge in [-0.25, -0.2) is 12.7 Å². The van der Waals surface area contributed by atoms with E-state index in [1.165, 1.54) is 4.31 Å². The molecule has 0 radical (unpaired) electrons. The minimum atomic E-state index is -3.17. The van der Waals surface area contributed by atoms with Crippen molar-refractivity contribution in [3.63, 3.8) is 0 Å². The number of hydrogen-bond acceptors (Lipinski definition) is 4. The van der Waals surface area contributed by atoms with E-state index >= 15 is 0 Å². The van der Waals surface area contributed by atoms with Crippen LogP contribution in [-0.4, -0.2) is 51.3 Å². The van der Waals surface area contributed by atoms with Crippen LogP contribution < -0.4 is 5.73 Å². The lowest BCUT2D eigenvalue weighted by molar-refractivity contribution is 0.188. The fourth-order valence-corrected chi connectivity index (χ4v) is 3.44. The molecular weight excluding hydrogens is 288 g/mol. The molecule has 0 aliphatic carbocycles. The highest BCUT2D eigenvalue weighted by Gasteiger charge is 2.26. The van der Waals surface area contributed by atoms with Gasteiger partial charge in [0, 0.05) is 26.2 Å². The summed E-state index contributed by atoms with van der Waals surface area (Å²) in [6.45, 7) is 5.85. The first kappa shape index (κ1) is 19.1. The fourth-order valence-electron chi connectivity index (χ4n) is 1.94. The smallest absolute Gasteiger partial charge is 0.214 e. The zero-order chi connectivity index (χ0) is 13.8. The minimum Gasteiger partial charge on any atom is -0.381 e. The van der Waals surface area contributed by atoms with Crippen LogP contribution >= 0.6 is 12.4 Å². The predicted molar refractivity (Wildman–Crippen MR) is 80.0 cm³/mol. The van der Waals surface area contributed by atoms with Crippen molar-refractivity contribution in [2.45, 2.75) is 32.7 Å². The van der Waals surface area contributed by atoms with Crippen LogP contribution in [0.4, 0.5) is 0 Å². The van der Waals surface area contributed by atoms with Gasteiger partial charge in [0.15, 0.2) is 0 Å². The quantitative estimate of drug-likeness (QED) is 0.763. The molecule has 116 valence electrons. The molecule has 2 N–H and O–H groups in total. The van der Waals surface area contributed by atoms with Gasteiger partial charge >= 0.3 is 0 Å². The van der Waals surface area contributed by atoms with Gasteiger partial charge in [-0.15, -0.1) is 12.4 Å². The van der Waals surface area contributed by atoms with Crippen LogP contribution in [0.5, 0.6) is 0 Å². The van der Waals surface area contributed by atoms with Crippen molar-refractivity contribution in [2.24, 2.45) is 17.6 Å². The van der Waals surface area contributed by atoms with E-state index in [0.717, 1.165) is 6.42 Å². The summed E-state index contributed by atoms with van der Waals surface area (Å²) in [5.41, 5.74) is 5.93. The second-order valence-electron chi connectivity index (χ2n) is 5.53. The Morgan fingerprint density at radius 1 is 1.42 bits per heavy atom. The van der Waals surface area contributed by atoms with E-state index in [4.69, 9.17) is 10.5 Å². The van der Waals surface area contributed by atoms with Crippen LogP contribution in [0.3, 0.4) is 0 Å². The zero-order valence-electron chi connectivity index (χ0n) is 12.0. The van der Waals surface area contributed by atoms with Gasteiger partial charge in [-0.2, -0.15) is 0 Å². The number of nitrogens with two attached hydrogens (primary N) is 1. The molecule has 0 saturated carbocycles. The molecule has 1 heterocycles. The molecule has 0 aromatic rings. The molecule has 2 unspecified atom stereocenters. The Labute approximate surface area is 123 Å². The summed E-state index contributed by atoms with van der Waals surface area (Å²) in [7, 11) is -1.53. The van der Waals surface area contributed by atoms with Gasteiger partial charge in [0.25, 0.3) is 0 Å². The third-order valence-corrected chi connectivity index (χ3v) is 5.60. The third kappa shape index (κ3) is 6.40. The molecule has 0 bridgehead atoms. The van der Waals surface area contributed by atoms with Crippen LogP contribution in [0, 0.1) is 11.8 Å². The van der Waals surface area contributed by atoms with Gasteiger partial charge in [-0.1, -0.05) is 13.8 Å². The lowest BCUT2D eigenvalue weighted by atomic mass is 10.0. The molecule has 7 heteroatoms. The maximum atomic E-state index is 12.1. The van der Waals surface area contributed by atoms with Gasteiger partial charge in [-0.05, 0) is 24.7 Å². The van der Waals surface area contributed by atoms with Crippen LogP contribution in [0.25, 0.3) is 0 Å². The average molecular weight is 315 g/mol. The van der Waals surface area contributed by atoms with Crippen molar-refractivity contribution < 1.29 is 13.2 Å². The van der Waals surface area contributed by atoms with Crippen molar-refractivity contribution in [3.05, 3.63) is 0 Å². The standard InChI is InChI=1S/C12H26N2O3S.ClH/c1-10(2)12(13)4-6-14(3)18(15,16)9-11-5-7-17-8-11;/h10-12H,4-9,13H2,1-3H3;1H. The topological polar surface area (TPSA) is 72.6 Å². The SMILES string of the molecule is CC(C)C(N)CCN(C)S(=O)(=O)CC1CCOC1.Cl. The van der Waals surface area contributed by atoms with Crippen LogP contribution in [0.15, 0.2) is 0 Å². The molecule has 2 atom stereocenters. The number of rotatable bonds is 7. The molecule has 1 aliphatic heterocycles. The second kappa shape index (κ2) is 8.42. The Morgan fingerprint density at radius 3 is 2.53 bits per heavy atom. The third-order valence-electron chi connectivity index (χ3n) is 3.58. The maximum Gasteiger partial charge on any atom is 0.214 e. The van der Waals surface area contributed by atoms with Crippen LogP contribution in [0.1, 0.15) is 26.7 Å². The van der Waals surface area contributed by atoms with Gasteiger partial charge in [-0.3, -0.25) is 0 Å². The minimum absolute atomic E-state index is 0. The van der Waals surface area contributed by atoms with E-state index in [1.807, 2.05) is 0 Å². The number of nitrogens with zero attached hydrogens (tertiary/aromatic N) is 1. The van der Waals surface area contributed by atoms with Crippen LogP contribution in [0.2, 0.25) is 0 Å². The van der Waals surface area contributed by atoms with E-state index < -0.39 is 10.0 Å². The molecule has 0 amide bonds. The Balaban J connectivity index is 0.00000324. The molecule has 0 aromatic heterocycles. The molecule has 1 saturated heterocycles. The summed E-state index contributed by atoms with van der Waals surface area (Å²) < 4.78 is 30.8. The molecule has 5 nitrogen and oxygen atoms in total. The zero-order valence-corrected chi connectivity index (χ0v) is 13.7. The predicted octanol–water partition coefficient (Wildman–Crippen LogP) is 1.08. The first-order valence-corrected chi connectivity index (χ1v) is 8.21. The largest absolute Gasteiger partial charge is 0.381 e. The number of hydrogen-bond donors (Lipinski definition) is 1. The summed E-state index contributed by atoms with van der Waals surface area (Å²) in [4.78, 5) is 0. The number of ether oxygens (including phenoxy) is 1. The Kier molecular flexibility index (Phi) is 8.47. The highest BCUT2D eigenvalue weighted by atomic mass is 35.5. The van der Waals surface area contributed by atoms with Gasteiger partial charge in [0.2, 0.25) is 10.0 Å². The van der Waals surface area contributed by atoms with E-state index in [2.05, 4.69) is 13.8 Å². The Hall–Kier alpha value is 0.120. The summed E-state index contributed by atoms with van der Waals surface area (Å²) in [5, 5.41) is 0. The summed E-state index contributed by atoms with van der Waals surface area (Å²) in [6.07, 6.45) is 1.55. The number of halogens is 1. The van der Waals surface area contributed by atoms with Gasteiger partial charge in [0.05, 0.1) is 12.4 Å². The fraction of sp³-hybridized carbons (Fsp3) is 1.00. The first-order chi connectivity index (χ1) is 8.33. The van der Waals surface area contributed by atoms with E-state index in [9.17, 15) is 8.42 Å². The molecule has 1 aliphatic rings. The summed E-state index contributed by atoms with van der Waals surface area (Å²) >= 11 is 0. The normalized spacial score (nSPS) is 21.7. The van der Waals surface area contributed by atoms with Crippen molar-refractivity contribution >= 4 is 22.4 Å². The monoisotopic (exact) mass is 314 g/mol. The second-order valence-corrected chi connectivity index (χ2v) is 7.65. The number of sulfonamides is 1. The maximum absolute atomic E-state index is 12.1. The van der Waals surface area contributed by atoms with Crippen molar-refractivity contribution in [3.8, 4) is 0 Å². The van der Waals surface area contributed by atoms with Crippen molar-refractivity contribution in [2.75, 3.05) is 32.6 Å². The Bertz CT molecular complexity index is 343. The first-order valence-electron chi connectivity index (χ1n) is 6.60. The molecule has 0 aromatic carbocycles. The summed E-state index contributed by atoms with van der Waals surface area (Å²) in [6, 6.07) is 0.0532. The Morgan fingerprint density at radius 2 is 2.05 bits per heavy atom.